The lowest BCUT2D eigenvalue weighted by Crippen LogP contribution is -1.75. The van der Waals surface area contributed by atoms with Gasteiger partial charge in [-0.05, 0) is 19.1 Å². The lowest BCUT2D eigenvalue weighted by molar-refractivity contribution is 0.212. The molecule has 0 saturated carbocycles. The second kappa shape index (κ2) is 7.38. The van der Waals surface area contributed by atoms with E-state index in [1.54, 1.807) is 6.92 Å². The van der Waals surface area contributed by atoms with Crippen LogP contribution in [0.4, 0.5) is 5.69 Å². The maximum absolute atomic E-state index is 8.93. The van der Waals surface area contributed by atoms with Crippen molar-refractivity contribution >= 4 is 17.5 Å². The molecule has 1 rings (SSSR count). The third kappa shape index (κ3) is 5.70. The maximum Gasteiger partial charge on any atom is 0.0794 e. The number of anilines is 1. The second-order valence-electron chi connectivity index (χ2n) is 1.75. The minimum atomic E-state index is 0. The summed E-state index contributed by atoms with van der Waals surface area (Å²) < 4.78 is 0. The van der Waals surface area contributed by atoms with Crippen molar-refractivity contribution in [3.63, 3.8) is 0 Å². The number of para-hydroxylation sites is 1. The number of halogens is 1. The van der Waals surface area contributed by atoms with Crippen LogP contribution >= 0.6 is 11.8 Å². The molecule has 0 aliphatic rings. The van der Waals surface area contributed by atoms with Gasteiger partial charge in [-0.1, -0.05) is 18.2 Å². The van der Waals surface area contributed by atoms with Crippen molar-refractivity contribution in [2.75, 3.05) is 11.4 Å². The van der Waals surface area contributed by atoms with Crippen molar-refractivity contribution in [2.24, 2.45) is 0 Å². The van der Waals surface area contributed by atoms with E-state index in [0.29, 0.717) is 0 Å². The molecule has 0 aliphatic carbocycles. The normalized spacial score (nSPS) is 7.91. The van der Waals surface area contributed by atoms with Crippen molar-refractivity contribution in [1.82, 2.24) is 0 Å². The number of benzene rings is 1. The molecule has 0 saturated heterocycles. The average Bonchev–Trinajstić information content (AvgIpc) is 2.08. The first-order valence-corrected chi connectivity index (χ1v) is 3.72. The summed E-state index contributed by atoms with van der Waals surface area (Å²) >= 11 is 5.28. The molecule has 0 fully saturated rings. The van der Waals surface area contributed by atoms with Gasteiger partial charge in [0, 0.05) is 17.5 Å². The molecule has 3 heteroatoms. The largest absolute Gasteiger partial charge is 0.299 e. The van der Waals surface area contributed by atoms with E-state index in [9.17, 15) is 0 Å². The van der Waals surface area contributed by atoms with Crippen LogP contribution in [0.25, 0.3) is 0 Å². The van der Waals surface area contributed by atoms with Crippen molar-refractivity contribution in [3.8, 4) is 0 Å². The average molecular weight is 173 g/mol. The van der Waals surface area contributed by atoms with Gasteiger partial charge >= 0.3 is 0 Å². The summed E-state index contributed by atoms with van der Waals surface area (Å²) in [5.41, 5.74) is 0.925. The van der Waals surface area contributed by atoms with Crippen molar-refractivity contribution < 1.29 is 5.11 Å². The van der Waals surface area contributed by atoms with Crippen LogP contribution in [0.2, 0.25) is 0 Å². The lowest BCUT2D eigenvalue weighted by Gasteiger charge is -1.91. The number of rotatable bonds is 1. The Kier molecular flexibility index (Phi) is 6.89. The Labute approximate surface area is 71.9 Å². The van der Waals surface area contributed by atoms with Gasteiger partial charge in [0.05, 0.1) is 6.61 Å². The second-order valence-corrected chi connectivity index (χ2v) is 1.94. The fourth-order valence-electron chi connectivity index (χ4n) is 0.501. The Morgan fingerprint density at radius 1 is 1.36 bits per heavy atom. The molecular formula is C8H11ClNO. The van der Waals surface area contributed by atoms with E-state index in [0.717, 1.165) is 5.69 Å². The summed E-state index contributed by atoms with van der Waals surface area (Å²) in [6.45, 7) is 1.57. The topological polar surface area (TPSA) is 31.9 Å². The molecule has 0 aromatic heterocycles. The third-order valence-electron chi connectivity index (χ3n) is 0.883. The molecule has 0 bridgehead atoms. The summed E-state index contributed by atoms with van der Waals surface area (Å²) in [6.07, 6.45) is 0. The Bertz CT molecular complexity index is 167. The zero-order valence-electron chi connectivity index (χ0n) is 6.38. The van der Waals surface area contributed by atoms with E-state index in [-0.39, 0.29) is 6.61 Å². The highest BCUT2D eigenvalue weighted by Gasteiger charge is 1.79. The molecule has 11 heavy (non-hydrogen) atoms. The SMILES string of the molecule is CC[O].ClNc1ccccc1. The van der Waals surface area contributed by atoms with E-state index in [4.69, 9.17) is 16.9 Å². The monoisotopic (exact) mass is 172 g/mol. The summed E-state index contributed by atoms with van der Waals surface area (Å²) in [5, 5.41) is 8.93. The Balaban J connectivity index is 0.000000292. The molecule has 0 spiro atoms. The maximum atomic E-state index is 8.93. The molecule has 0 atom stereocenters. The van der Waals surface area contributed by atoms with Crippen LogP contribution in [0.3, 0.4) is 0 Å². The van der Waals surface area contributed by atoms with Crippen LogP contribution in [0, 0.1) is 0 Å². The molecule has 0 heterocycles. The zero-order chi connectivity index (χ0) is 8.53. The molecular weight excluding hydrogens is 162 g/mol. The highest BCUT2D eigenvalue weighted by molar-refractivity contribution is 6.23. The van der Waals surface area contributed by atoms with Gasteiger partial charge in [-0.15, -0.1) is 0 Å². The summed E-state index contributed by atoms with van der Waals surface area (Å²) in [4.78, 5) is 2.50. The van der Waals surface area contributed by atoms with E-state index in [1.807, 2.05) is 30.3 Å². The van der Waals surface area contributed by atoms with Gasteiger partial charge in [-0.3, -0.25) is 4.84 Å². The molecule has 1 aromatic rings. The first-order chi connectivity index (χ1) is 5.35. The molecule has 1 radical (unpaired) electrons. The molecule has 61 valence electrons. The Morgan fingerprint density at radius 3 is 2.09 bits per heavy atom. The summed E-state index contributed by atoms with van der Waals surface area (Å²) in [7, 11) is 0. The molecule has 0 unspecified atom stereocenters. The van der Waals surface area contributed by atoms with Crippen LogP contribution in [0.1, 0.15) is 6.92 Å². The minimum absolute atomic E-state index is 0. The molecule has 0 amide bonds. The summed E-state index contributed by atoms with van der Waals surface area (Å²) in [5.74, 6) is 0. The quantitative estimate of drug-likeness (QED) is 0.649. The van der Waals surface area contributed by atoms with Crippen molar-refractivity contribution in [1.29, 1.82) is 0 Å². The Hall–Kier alpha value is -0.730. The minimum Gasteiger partial charge on any atom is -0.299 e. The standard InChI is InChI=1S/C6H6ClN.C2H5O/c7-8-6-4-2-1-3-5-6;1-2-3/h1-5,8H;2H2,1H3. The summed E-state index contributed by atoms with van der Waals surface area (Å²) in [6, 6.07) is 9.58. The van der Waals surface area contributed by atoms with Crippen LogP contribution in [0.15, 0.2) is 30.3 Å². The highest BCUT2D eigenvalue weighted by atomic mass is 35.5. The van der Waals surface area contributed by atoms with E-state index < -0.39 is 0 Å². The predicted octanol–water partition coefficient (Wildman–Crippen LogP) is 2.69. The number of nitrogens with one attached hydrogen (secondary N) is 1. The number of hydrogen-bond donors (Lipinski definition) is 1. The van der Waals surface area contributed by atoms with E-state index >= 15 is 0 Å². The third-order valence-corrected chi connectivity index (χ3v) is 1.10. The van der Waals surface area contributed by atoms with Crippen LogP contribution in [-0.4, -0.2) is 6.61 Å². The Morgan fingerprint density at radius 2 is 1.82 bits per heavy atom. The first-order valence-electron chi connectivity index (χ1n) is 3.35. The van der Waals surface area contributed by atoms with Gasteiger partial charge in [-0.2, -0.15) is 0 Å². The molecule has 2 nitrogen and oxygen atoms in total. The fourth-order valence-corrected chi connectivity index (χ4v) is 0.627. The fraction of sp³-hybridized carbons (Fsp3) is 0.250. The zero-order valence-corrected chi connectivity index (χ0v) is 7.14. The molecule has 1 N–H and O–H groups in total. The van der Waals surface area contributed by atoms with Crippen molar-refractivity contribution in [3.05, 3.63) is 30.3 Å². The first kappa shape index (κ1) is 10.3. The van der Waals surface area contributed by atoms with Crippen LogP contribution in [0.5, 0.6) is 0 Å². The van der Waals surface area contributed by atoms with Crippen molar-refractivity contribution in [2.45, 2.75) is 6.92 Å². The van der Waals surface area contributed by atoms with Crippen LogP contribution < -0.4 is 4.84 Å². The van der Waals surface area contributed by atoms with Gasteiger partial charge < -0.3 is 0 Å². The van der Waals surface area contributed by atoms with Gasteiger partial charge in [-0.25, -0.2) is 5.11 Å². The van der Waals surface area contributed by atoms with Crippen LogP contribution in [-0.2, 0) is 5.11 Å². The smallest absolute Gasteiger partial charge is 0.0794 e. The number of hydrogen-bond acceptors (Lipinski definition) is 1. The van der Waals surface area contributed by atoms with Gasteiger partial charge in [0.1, 0.15) is 0 Å². The molecule has 1 aromatic carbocycles. The van der Waals surface area contributed by atoms with Gasteiger partial charge in [0.2, 0.25) is 0 Å². The molecule has 0 aliphatic heterocycles. The van der Waals surface area contributed by atoms with Gasteiger partial charge in [0.25, 0.3) is 0 Å². The highest BCUT2D eigenvalue weighted by Crippen LogP contribution is 2.04. The van der Waals surface area contributed by atoms with Gasteiger partial charge in [0.15, 0.2) is 0 Å². The van der Waals surface area contributed by atoms with E-state index in [2.05, 4.69) is 4.84 Å². The van der Waals surface area contributed by atoms with E-state index in [1.165, 1.54) is 0 Å². The predicted molar refractivity (Wildman–Crippen MR) is 47.1 cm³/mol. The lowest BCUT2D eigenvalue weighted by atomic mass is 10.3.